The van der Waals surface area contributed by atoms with Gasteiger partial charge in [0.1, 0.15) is 0 Å². The highest BCUT2D eigenvalue weighted by molar-refractivity contribution is 4.85. The Morgan fingerprint density at radius 3 is 2.93 bits per heavy atom. The topological polar surface area (TPSA) is 62.4 Å². The fraction of sp³-hybridized carbons (Fsp3) is 0.778. The average Bonchev–Trinajstić information content (AvgIpc) is 2.54. The summed E-state index contributed by atoms with van der Waals surface area (Å²) in [6, 6.07) is 0.598. The van der Waals surface area contributed by atoms with Crippen molar-refractivity contribution in [2.75, 3.05) is 13.2 Å². The van der Waals surface area contributed by atoms with Gasteiger partial charge in [0.25, 0.3) is 0 Å². The lowest BCUT2D eigenvalue weighted by Gasteiger charge is -2.36. The lowest BCUT2D eigenvalue weighted by molar-refractivity contribution is 0.0912. The smallest absolute Gasteiger partial charge is 0.213 e. The van der Waals surface area contributed by atoms with Crippen molar-refractivity contribution in [3.8, 4) is 0 Å². The highest BCUT2D eigenvalue weighted by atomic mass is 16.5. The van der Waals surface area contributed by atoms with Crippen molar-refractivity contribution >= 4 is 0 Å². The number of aliphatic hydroxyl groups is 1. The normalized spacial score (nSPS) is 17.3. The fourth-order valence-electron chi connectivity index (χ4n) is 1.71. The van der Waals surface area contributed by atoms with Crippen molar-refractivity contribution in [1.82, 2.24) is 15.0 Å². The molecule has 5 heteroatoms. The van der Waals surface area contributed by atoms with Crippen LogP contribution in [0.15, 0.2) is 10.9 Å². The maximum absolute atomic E-state index is 8.93. The molecule has 0 bridgehead atoms. The van der Waals surface area contributed by atoms with Crippen molar-refractivity contribution in [3.05, 3.63) is 12.2 Å². The summed E-state index contributed by atoms with van der Waals surface area (Å²) in [4.78, 5) is 6.19. The maximum Gasteiger partial charge on any atom is 0.213 e. The third-order valence-electron chi connectivity index (χ3n) is 2.73. The van der Waals surface area contributed by atoms with Crippen LogP contribution in [0.1, 0.15) is 25.1 Å². The predicted molar refractivity (Wildman–Crippen MR) is 49.4 cm³/mol. The van der Waals surface area contributed by atoms with Crippen LogP contribution in [0.3, 0.4) is 0 Å². The molecule has 1 saturated carbocycles. The number of hydrogen-bond donors (Lipinski definition) is 1. The largest absolute Gasteiger partial charge is 0.395 e. The van der Waals surface area contributed by atoms with Crippen LogP contribution in [0, 0.1) is 0 Å². The van der Waals surface area contributed by atoms with E-state index in [9.17, 15) is 0 Å². The van der Waals surface area contributed by atoms with Crippen molar-refractivity contribution in [2.45, 2.75) is 31.8 Å². The van der Waals surface area contributed by atoms with Gasteiger partial charge in [0.2, 0.25) is 6.39 Å². The first-order valence-corrected chi connectivity index (χ1v) is 5.00. The first-order valence-electron chi connectivity index (χ1n) is 5.00. The van der Waals surface area contributed by atoms with Gasteiger partial charge in [-0.1, -0.05) is 11.6 Å². The third-order valence-corrected chi connectivity index (χ3v) is 2.73. The zero-order valence-corrected chi connectivity index (χ0v) is 8.09. The van der Waals surface area contributed by atoms with Crippen LogP contribution in [0.5, 0.6) is 0 Å². The van der Waals surface area contributed by atoms with Crippen LogP contribution >= 0.6 is 0 Å². The maximum atomic E-state index is 8.93. The second-order valence-corrected chi connectivity index (χ2v) is 3.63. The van der Waals surface area contributed by atoms with Gasteiger partial charge in [0.15, 0.2) is 5.82 Å². The lowest BCUT2D eigenvalue weighted by Crippen LogP contribution is -2.41. The number of aromatic nitrogens is 2. The molecule has 14 heavy (non-hydrogen) atoms. The minimum absolute atomic E-state index is 0.189. The summed E-state index contributed by atoms with van der Waals surface area (Å²) < 4.78 is 4.67. The molecule has 1 aromatic heterocycles. The van der Waals surface area contributed by atoms with Gasteiger partial charge >= 0.3 is 0 Å². The van der Waals surface area contributed by atoms with Crippen molar-refractivity contribution < 1.29 is 9.63 Å². The SMILES string of the molecule is OCCN(Cc1ncon1)C1CCC1. The molecule has 0 saturated heterocycles. The molecule has 1 fully saturated rings. The highest BCUT2D eigenvalue weighted by Gasteiger charge is 2.25. The molecule has 0 radical (unpaired) electrons. The fourth-order valence-corrected chi connectivity index (χ4v) is 1.71. The Balaban J connectivity index is 1.89. The van der Waals surface area contributed by atoms with Crippen molar-refractivity contribution in [3.63, 3.8) is 0 Å². The van der Waals surface area contributed by atoms with Gasteiger partial charge < -0.3 is 9.63 Å². The van der Waals surface area contributed by atoms with E-state index in [4.69, 9.17) is 5.11 Å². The van der Waals surface area contributed by atoms with Crippen LogP contribution in [0.4, 0.5) is 0 Å². The molecule has 2 rings (SSSR count). The quantitative estimate of drug-likeness (QED) is 0.741. The van der Waals surface area contributed by atoms with E-state index in [1.165, 1.54) is 25.7 Å². The van der Waals surface area contributed by atoms with Gasteiger partial charge in [-0.3, -0.25) is 4.90 Å². The molecule has 0 amide bonds. The lowest BCUT2D eigenvalue weighted by atomic mass is 9.91. The van der Waals surface area contributed by atoms with E-state index in [1.807, 2.05) is 0 Å². The summed E-state index contributed by atoms with van der Waals surface area (Å²) in [5.74, 6) is 0.699. The van der Waals surface area contributed by atoms with Crippen LogP contribution in [0.2, 0.25) is 0 Å². The van der Waals surface area contributed by atoms with E-state index in [1.54, 1.807) is 0 Å². The van der Waals surface area contributed by atoms with Gasteiger partial charge in [-0.2, -0.15) is 4.98 Å². The first-order chi connectivity index (χ1) is 6.90. The minimum atomic E-state index is 0.189. The molecule has 1 aromatic rings. The molecule has 0 aliphatic heterocycles. The zero-order valence-electron chi connectivity index (χ0n) is 8.09. The Morgan fingerprint density at radius 2 is 2.43 bits per heavy atom. The molecule has 0 aromatic carbocycles. The van der Waals surface area contributed by atoms with E-state index in [2.05, 4.69) is 19.6 Å². The van der Waals surface area contributed by atoms with Crippen LogP contribution in [0.25, 0.3) is 0 Å². The Bertz CT molecular complexity index is 259. The second-order valence-electron chi connectivity index (χ2n) is 3.63. The Morgan fingerprint density at radius 1 is 1.57 bits per heavy atom. The highest BCUT2D eigenvalue weighted by Crippen LogP contribution is 2.25. The molecule has 1 heterocycles. The molecule has 0 spiro atoms. The van der Waals surface area contributed by atoms with Crippen LogP contribution in [-0.2, 0) is 6.54 Å². The summed E-state index contributed by atoms with van der Waals surface area (Å²) in [6.07, 6.45) is 5.07. The van der Waals surface area contributed by atoms with Gasteiger partial charge in [-0.15, -0.1) is 0 Å². The molecule has 5 nitrogen and oxygen atoms in total. The molecule has 1 N–H and O–H groups in total. The zero-order chi connectivity index (χ0) is 9.80. The first kappa shape index (κ1) is 9.61. The van der Waals surface area contributed by atoms with Gasteiger partial charge in [-0.25, -0.2) is 0 Å². The Labute approximate surface area is 82.7 Å². The van der Waals surface area contributed by atoms with E-state index in [-0.39, 0.29) is 6.61 Å². The molecule has 1 aliphatic carbocycles. The standard InChI is InChI=1S/C9H15N3O2/c13-5-4-12(8-2-1-3-8)6-9-10-7-14-11-9/h7-8,13H,1-6H2. The Hall–Kier alpha value is -0.940. The molecular weight excluding hydrogens is 182 g/mol. The molecule has 78 valence electrons. The summed E-state index contributed by atoms with van der Waals surface area (Å²) in [6.45, 7) is 1.56. The summed E-state index contributed by atoms with van der Waals surface area (Å²) in [5.41, 5.74) is 0. The summed E-state index contributed by atoms with van der Waals surface area (Å²) in [5, 5.41) is 12.7. The minimum Gasteiger partial charge on any atom is -0.395 e. The number of rotatable bonds is 5. The molecule has 1 aliphatic rings. The van der Waals surface area contributed by atoms with Crippen LogP contribution in [-0.4, -0.2) is 39.3 Å². The number of aliphatic hydroxyl groups excluding tert-OH is 1. The third kappa shape index (κ3) is 2.10. The van der Waals surface area contributed by atoms with Gasteiger partial charge in [0.05, 0.1) is 13.2 Å². The number of hydrogen-bond acceptors (Lipinski definition) is 5. The average molecular weight is 197 g/mol. The number of nitrogens with zero attached hydrogens (tertiary/aromatic N) is 3. The molecule has 0 unspecified atom stereocenters. The van der Waals surface area contributed by atoms with Crippen molar-refractivity contribution in [2.24, 2.45) is 0 Å². The van der Waals surface area contributed by atoms with E-state index >= 15 is 0 Å². The predicted octanol–water partition coefficient (Wildman–Crippen LogP) is 0.416. The van der Waals surface area contributed by atoms with E-state index < -0.39 is 0 Å². The summed E-state index contributed by atoms with van der Waals surface area (Å²) >= 11 is 0. The van der Waals surface area contributed by atoms with Crippen LogP contribution < -0.4 is 0 Å². The van der Waals surface area contributed by atoms with E-state index in [0.29, 0.717) is 25.0 Å². The van der Waals surface area contributed by atoms with Gasteiger partial charge in [-0.05, 0) is 12.8 Å². The van der Waals surface area contributed by atoms with E-state index in [0.717, 1.165) is 0 Å². The molecular formula is C9H15N3O2. The Kier molecular flexibility index (Phi) is 3.10. The van der Waals surface area contributed by atoms with Crippen molar-refractivity contribution in [1.29, 1.82) is 0 Å². The summed E-state index contributed by atoms with van der Waals surface area (Å²) in [7, 11) is 0. The van der Waals surface area contributed by atoms with Gasteiger partial charge in [0, 0.05) is 12.6 Å². The monoisotopic (exact) mass is 197 g/mol. The second kappa shape index (κ2) is 4.52. The molecule has 0 atom stereocenters.